The van der Waals surface area contributed by atoms with Gasteiger partial charge in [-0.1, -0.05) is 66.3 Å². The van der Waals surface area contributed by atoms with E-state index in [1.807, 2.05) is 26.0 Å². The maximum atomic E-state index is 14.6. The van der Waals surface area contributed by atoms with Crippen molar-refractivity contribution >= 4 is 20.5 Å². The standard InChI is InChI=1S/C27H32F2N2O4S2/c1-26(2,3)36(28,33)30-18-20-6-8-21(9-7-20)19-31-37(29,34)35-25-16-12-23(13-17-25)27(4,5)22-10-14-24(32)15-11-22/h6-17,32H,18-19H2,1-5H3. The van der Waals surface area contributed by atoms with Crippen LogP contribution in [0.15, 0.2) is 81.5 Å². The molecule has 0 aromatic heterocycles. The number of hydrogen-bond donors (Lipinski definition) is 1. The van der Waals surface area contributed by atoms with Gasteiger partial charge in [0.1, 0.15) is 11.5 Å². The van der Waals surface area contributed by atoms with E-state index in [2.05, 4.69) is 8.73 Å². The van der Waals surface area contributed by atoms with E-state index in [1.54, 1.807) is 48.5 Å². The van der Waals surface area contributed by atoms with Gasteiger partial charge in [0.25, 0.3) is 0 Å². The van der Waals surface area contributed by atoms with Gasteiger partial charge in [-0.15, -0.1) is 3.89 Å². The minimum atomic E-state index is -4.45. The lowest BCUT2D eigenvalue weighted by Crippen LogP contribution is -2.23. The lowest BCUT2D eigenvalue weighted by atomic mass is 9.78. The monoisotopic (exact) mass is 550 g/mol. The lowest BCUT2D eigenvalue weighted by Gasteiger charge is -2.26. The molecular weight excluding hydrogens is 518 g/mol. The summed E-state index contributed by atoms with van der Waals surface area (Å²) in [6.07, 6.45) is 0. The summed E-state index contributed by atoms with van der Waals surface area (Å²) >= 11 is 0. The van der Waals surface area contributed by atoms with Gasteiger partial charge in [-0.2, -0.15) is 8.57 Å². The predicted molar refractivity (Wildman–Crippen MR) is 144 cm³/mol. The van der Waals surface area contributed by atoms with Gasteiger partial charge < -0.3 is 9.29 Å². The molecule has 0 heterocycles. The molecule has 0 aliphatic rings. The molecule has 10 heteroatoms. The molecule has 0 bridgehead atoms. The molecule has 0 radical (unpaired) electrons. The topological polar surface area (TPSA) is 88.3 Å². The summed E-state index contributed by atoms with van der Waals surface area (Å²) in [4.78, 5) is 0. The predicted octanol–water partition coefficient (Wildman–Crippen LogP) is 7.22. The van der Waals surface area contributed by atoms with Gasteiger partial charge in [0.05, 0.1) is 17.8 Å². The van der Waals surface area contributed by atoms with Crippen molar-refractivity contribution in [3.05, 3.63) is 95.1 Å². The SMILES string of the molecule is CC(C)(c1ccc(O)cc1)c1ccc(OS(=O)(F)=NCc2ccc(CN=S(=O)(F)C(C)(C)C)cc2)cc1. The summed E-state index contributed by atoms with van der Waals surface area (Å²) in [5, 5.41) is 9.52. The fraction of sp³-hybridized carbons (Fsp3) is 0.333. The first-order chi connectivity index (χ1) is 17.1. The van der Waals surface area contributed by atoms with E-state index in [4.69, 9.17) is 4.18 Å². The maximum absolute atomic E-state index is 14.6. The minimum absolute atomic E-state index is 0.0630. The fourth-order valence-corrected chi connectivity index (χ4v) is 4.78. The largest absolute Gasteiger partial charge is 0.508 e. The molecule has 0 fully saturated rings. The molecule has 3 aromatic rings. The van der Waals surface area contributed by atoms with Crippen molar-refractivity contribution in [1.29, 1.82) is 0 Å². The van der Waals surface area contributed by atoms with Crippen LogP contribution in [-0.2, 0) is 39.0 Å². The number of benzene rings is 3. The molecule has 3 rings (SSSR count). The van der Waals surface area contributed by atoms with E-state index in [9.17, 15) is 21.3 Å². The van der Waals surface area contributed by atoms with E-state index < -0.39 is 25.3 Å². The second-order valence-electron chi connectivity index (χ2n) is 10.2. The Balaban J connectivity index is 1.66. The number of aromatic hydroxyl groups is 1. The van der Waals surface area contributed by atoms with E-state index >= 15 is 0 Å². The Morgan fingerprint density at radius 3 is 1.62 bits per heavy atom. The molecule has 0 amide bonds. The van der Waals surface area contributed by atoms with Gasteiger partial charge >= 0.3 is 10.4 Å². The zero-order valence-corrected chi connectivity index (χ0v) is 23.1. The first-order valence-corrected chi connectivity index (χ1v) is 14.4. The van der Waals surface area contributed by atoms with Crippen molar-refractivity contribution in [3.63, 3.8) is 0 Å². The second kappa shape index (κ2) is 10.8. The van der Waals surface area contributed by atoms with Gasteiger partial charge in [-0.05, 0) is 67.3 Å². The molecule has 3 aromatic carbocycles. The molecular formula is C27H32F2N2O4S2. The minimum Gasteiger partial charge on any atom is -0.508 e. The smallest absolute Gasteiger partial charge is 0.377 e. The molecule has 6 nitrogen and oxygen atoms in total. The fourth-order valence-electron chi connectivity index (χ4n) is 3.37. The average molecular weight is 551 g/mol. The summed E-state index contributed by atoms with van der Waals surface area (Å²) in [5.41, 5.74) is 2.72. The molecule has 2 unspecified atom stereocenters. The van der Waals surface area contributed by atoms with Crippen LogP contribution in [0.5, 0.6) is 11.5 Å². The summed E-state index contributed by atoms with van der Waals surface area (Å²) < 4.78 is 64.3. The molecule has 0 saturated carbocycles. The molecule has 1 N–H and O–H groups in total. The Kier molecular flexibility index (Phi) is 8.34. The van der Waals surface area contributed by atoms with Crippen LogP contribution in [-0.4, -0.2) is 18.3 Å². The molecule has 200 valence electrons. The number of phenolic OH excluding ortho intramolecular Hbond substituents is 1. The summed E-state index contributed by atoms with van der Waals surface area (Å²) in [6, 6.07) is 20.0. The average Bonchev–Trinajstić information content (AvgIpc) is 2.82. The first kappa shape index (κ1) is 28.6. The van der Waals surface area contributed by atoms with Crippen LogP contribution in [0.1, 0.15) is 56.9 Å². The highest BCUT2D eigenvalue weighted by Crippen LogP contribution is 2.33. The summed E-state index contributed by atoms with van der Waals surface area (Å²) in [5.74, 6) is 0.257. The summed E-state index contributed by atoms with van der Waals surface area (Å²) in [7, 11) is -8.30. The first-order valence-electron chi connectivity index (χ1n) is 11.6. The van der Waals surface area contributed by atoms with E-state index in [1.165, 1.54) is 32.9 Å². The van der Waals surface area contributed by atoms with Crippen molar-refractivity contribution in [1.82, 2.24) is 0 Å². The number of nitrogens with zero attached hydrogens (tertiary/aromatic N) is 2. The Morgan fingerprint density at radius 2 is 1.16 bits per heavy atom. The van der Waals surface area contributed by atoms with Crippen LogP contribution in [0.2, 0.25) is 0 Å². The maximum Gasteiger partial charge on any atom is 0.377 e. The summed E-state index contributed by atoms with van der Waals surface area (Å²) in [6.45, 7) is 8.34. The van der Waals surface area contributed by atoms with E-state index in [-0.39, 0.29) is 30.0 Å². The van der Waals surface area contributed by atoms with Crippen molar-refractivity contribution in [2.75, 3.05) is 0 Å². The van der Waals surface area contributed by atoms with Crippen LogP contribution in [0, 0.1) is 0 Å². The molecule has 37 heavy (non-hydrogen) atoms. The highest BCUT2D eigenvalue weighted by atomic mass is 32.3. The van der Waals surface area contributed by atoms with Crippen molar-refractivity contribution in [3.8, 4) is 11.5 Å². The third kappa shape index (κ3) is 7.52. The Hall–Kier alpha value is -2.98. The molecule has 0 aliphatic heterocycles. The zero-order chi connectivity index (χ0) is 27.5. The van der Waals surface area contributed by atoms with Gasteiger partial charge in [0, 0.05) is 5.41 Å². The molecule has 0 saturated heterocycles. The van der Waals surface area contributed by atoms with E-state index in [0.29, 0.717) is 11.1 Å². The van der Waals surface area contributed by atoms with E-state index in [0.717, 1.165) is 11.1 Å². The number of rotatable bonds is 8. The van der Waals surface area contributed by atoms with Gasteiger partial charge in [-0.25, -0.2) is 8.57 Å². The van der Waals surface area contributed by atoms with Crippen LogP contribution in [0.4, 0.5) is 7.77 Å². The third-order valence-corrected chi connectivity index (χ3v) is 8.76. The second-order valence-corrected chi connectivity index (χ2v) is 13.8. The van der Waals surface area contributed by atoms with Gasteiger partial charge in [0.15, 0.2) is 0 Å². The van der Waals surface area contributed by atoms with Crippen LogP contribution >= 0.6 is 0 Å². The normalized spacial score (nSPS) is 15.3. The Morgan fingerprint density at radius 1 is 0.730 bits per heavy atom. The number of hydrogen-bond acceptors (Lipinski definition) is 6. The molecule has 2 atom stereocenters. The van der Waals surface area contributed by atoms with Crippen LogP contribution in [0.3, 0.4) is 0 Å². The van der Waals surface area contributed by atoms with Crippen molar-refractivity contribution in [2.24, 2.45) is 8.73 Å². The molecule has 0 aliphatic carbocycles. The van der Waals surface area contributed by atoms with Crippen molar-refractivity contribution in [2.45, 2.75) is 57.9 Å². The Bertz CT molecular complexity index is 1460. The zero-order valence-electron chi connectivity index (χ0n) is 21.5. The Labute approximate surface area is 218 Å². The number of phenols is 1. The van der Waals surface area contributed by atoms with Gasteiger partial charge in [-0.3, -0.25) is 0 Å². The molecule has 0 spiro atoms. The quantitative estimate of drug-likeness (QED) is 0.300. The van der Waals surface area contributed by atoms with Gasteiger partial charge in [0.2, 0.25) is 10.1 Å². The van der Waals surface area contributed by atoms with Crippen LogP contribution in [0.25, 0.3) is 0 Å². The highest BCUT2D eigenvalue weighted by Gasteiger charge is 2.26. The third-order valence-electron chi connectivity index (χ3n) is 5.96. The number of halogens is 2. The van der Waals surface area contributed by atoms with Crippen molar-refractivity contribution < 1.29 is 25.5 Å². The highest BCUT2D eigenvalue weighted by molar-refractivity contribution is 7.90. The van der Waals surface area contributed by atoms with Crippen LogP contribution < -0.4 is 4.18 Å². The lowest BCUT2D eigenvalue weighted by molar-refractivity contribution is 0.474.